The first kappa shape index (κ1) is 22.8. The zero-order valence-corrected chi connectivity index (χ0v) is 20.7. The summed E-state index contributed by atoms with van der Waals surface area (Å²) in [6.45, 7) is 0. The van der Waals surface area contributed by atoms with E-state index in [2.05, 4.69) is 149 Å². The van der Waals surface area contributed by atoms with Gasteiger partial charge in [0.1, 0.15) is 5.54 Å². The minimum Gasteiger partial charge on any atom is -1.00 e. The monoisotopic (exact) mass is 517 g/mol. The Kier molecular flexibility index (Phi) is 6.30. The zero-order chi connectivity index (χ0) is 22.8. The van der Waals surface area contributed by atoms with Crippen LogP contribution in [0.5, 0.6) is 0 Å². The maximum absolute atomic E-state index is 5.00. The lowest BCUT2D eigenvalue weighted by molar-refractivity contribution is -0.499. The molecule has 0 saturated heterocycles. The fourth-order valence-corrected chi connectivity index (χ4v) is 4.94. The van der Waals surface area contributed by atoms with Gasteiger partial charge in [-0.15, -0.1) is 0 Å². The third-order valence-corrected chi connectivity index (χ3v) is 6.47. The average Bonchev–Trinajstić information content (AvgIpc) is 3.41. The van der Waals surface area contributed by atoms with Crippen molar-refractivity contribution >= 4 is 5.52 Å². The molecule has 0 saturated carbocycles. The third-order valence-electron chi connectivity index (χ3n) is 6.47. The summed E-state index contributed by atoms with van der Waals surface area (Å²) in [6, 6.07) is 44.5. The summed E-state index contributed by atoms with van der Waals surface area (Å²) in [5, 5.41) is 5.00. The highest BCUT2D eigenvalue weighted by atomic mass is 79.9. The number of pyridine rings is 2. The number of halogens is 1. The number of hydrogen-bond acceptors (Lipinski definition) is 1. The van der Waals surface area contributed by atoms with Crippen molar-refractivity contribution in [3.05, 3.63) is 163 Å². The molecule has 0 aliphatic carbocycles. The van der Waals surface area contributed by atoms with Crippen molar-refractivity contribution in [3.63, 3.8) is 0 Å². The van der Waals surface area contributed by atoms with Crippen molar-refractivity contribution in [2.45, 2.75) is 5.54 Å². The first-order chi connectivity index (χ1) is 16.9. The van der Waals surface area contributed by atoms with Crippen LogP contribution in [-0.4, -0.2) is 9.78 Å². The van der Waals surface area contributed by atoms with E-state index in [4.69, 9.17) is 5.10 Å². The Morgan fingerprint density at radius 3 is 1.66 bits per heavy atom. The Labute approximate surface area is 215 Å². The maximum atomic E-state index is 5.00. The summed E-state index contributed by atoms with van der Waals surface area (Å²) in [5.74, 6) is 0. The van der Waals surface area contributed by atoms with Crippen LogP contribution in [-0.2, 0) is 5.54 Å². The van der Waals surface area contributed by atoms with E-state index in [9.17, 15) is 0 Å². The molecule has 4 heteroatoms. The Hall–Kier alpha value is -4.02. The minimum absolute atomic E-state index is 0. The SMILES string of the molecule is [Br-].c1ccc(C(c2ccccc2)(c2ccccc2)n2cc(-c3cccc4cccc[n+]34)cn2)cc1. The van der Waals surface area contributed by atoms with Crippen LogP contribution in [0.25, 0.3) is 16.8 Å². The van der Waals surface area contributed by atoms with Gasteiger partial charge in [-0.2, -0.15) is 9.50 Å². The molecule has 0 aliphatic heterocycles. The van der Waals surface area contributed by atoms with Crippen LogP contribution in [0.15, 0.2) is 146 Å². The first-order valence-corrected chi connectivity index (χ1v) is 11.5. The van der Waals surface area contributed by atoms with E-state index in [0.29, 0.717) is 0 Å². The molecule has 0 spiro atoms. The molecule has 0 radical (unpaired) electrons. The number of benzene rings is 3. The lowest BCUT2D eigenvalue weighted by atomic mass is 9.77. The first-order valence-electron chi connectivity index (χ1n) is 11.5. The van der Waals surface area contributed by atoms with Crippen molar-refractivity contribution in [2.75, 3.05) is 0 Å². The van der Waals surface area contributed by atoms with Crippen LogP contribution in [0.3, 0.4) is 0 Å². The van der Waals surface area contributed by atoms with Crippen molar-refractivity contribution in [2.24, 2.45) is 0 Å². The summed E-state index contributed by atoms with van der Waals surface area (Å²) in [5.41, 5.74) is 6.18. The summed E-state index contributed by atoms with van der Waals surface area (Å²) >= 11 is 0. The predicted octanol–water partition coefficient (Wildman–Crippen LogP) is 3.13. The van der Waals surface area contributed by atoms with Crippen molar-refractivity contribution < 1.29 is 21.4 Å². The van der Waals surface area contributed by atoms with E-state index in [1.807, 2.05) is 6.20 Å². The van der Waals surface area contributed by atoms with Gasteiger partial charge in [-0.05, 0) is 28.8 Å². The topological polar surface area (TPSA) is 21.9 Å². The summed E-state index contributed by atoms with van der Waals surface area (Å²) < 4.78 is 4.32. The van der Waals surface area contributed by atoms with E-state index in [1.54, 1.807) is 0 Å². The molecule has 0 unspecified atom stereocenters. The van der Waals surface area contributed by atoms with E-state index < -0.39 is 5.54 Å². The lowest BCUT2D eigenvalue weighted by Gasteiger charge is -2.36. The Morgan fingerprint density at radius 2 is 1.09 bits per heavy atom. The Balaban J connectivity index is 0.00000253. The molecule has 6 rings (SSSR count). The standard InChI is InChI=1S/C31H24N3.BrH/c1-4-13-26(14-5-1)31(27-15-6-2-7-16-27,28-17-8-3-9-18-28)34-24-25(23-32-34)30-21-12-20-29-19-10-11-22-33(29)30;/h1-24H;1H/q+1;/p-1. The molecule has 3 heterocycles. The second kappa shape index (κ2) is 9.69. The highest BCUT2D eigenvalue weighted by molar-refractivity contribution is 5.58. The van der Waals surface area contributed by atoms with Crippen LogP contribution in [0.4, 0.5) is 0 Å². The predicted molar refractivity (Wildman–Crippen MR) is 135 cm³/mol. The van der Waals surface area contributed by atoms with Gasteiger partial charge in [0.05, 0.1) is 11.8 Å². The molecule has 3 aromatic heterocycles. The zero-order valence-electron chi connectivity index (χ0n) is 19.1. The Bertz CT molecular complexity index is 1440. The smallest absolute Gasteiger partial charge is 0.221 e. The number of aromatic nitrogens is 3. The highest BCUT2D eigenvalue weighted by Crippen LogP contribution is 2.40. The van der Waals surface area contributed by atoms with Crippen LogP contribution < -0.4 is 21.4 Å². The van der Waals surface area contributed by atoms with E-state index in [0.717, 1.165) is 33.5 Å². The molecule has 6 aromatic rings. The van der Waals surface area contributed by atoms with E-state index >= 15 is 0 Å². The second-order valence-electron chi connectivity index (χ2n) is 8.39. The van der Waals surface area contributed by atoms with Gasteiger partial charge in [-0.1, -0.05) is 91.0 Å². The van der Waals surface area contributed by atoms with Gasteiger partial charge in [-0.25, -0.2) is 0 Å². The van der Waals surface area contributed by atoms with Gasteiger partial charge < -0.3 is 17.0 Å². The molecule has 0 aliphatic rings. The third kappa shape index (κ3) is 3.86. The highest BCUT2D eigenvalue weighted by Gasteiger charge is 2.39. The van der Waals surface area contributed by atoms with Crippen LogP contribution >= 0.6 is 0 Å². The number of nitrogens with zero attached hydrogens (tertiary/aromatic N) is 3. The Morgan fingerprint density at radius 1 is 0.571 bits per heavy atom. The molecule has 170 valence electrons. The van der Waals surface area contributed by atoms with Crippen molar-refractivity contribution in [1.29, 1.82) is 0 Å². The minimum atomic E-state index is -0.614. The maximum Gasteiger partial charge on any atom is 0.221 e. The molecular formula is C31H24BrN3. The average molecular weight is 518 g/mol. The fraction of sp³-hybridized carbons (Fsp3) is 0.0323. The molecule has 0 atom stereocenters. The van der Waals surface area contributed by atoms with Gasteiger partial charge in [0, 0.05) is 30.5 Å². The summed E-state index contributed by atoms with van der Waals surface area (Å²) in [6.07, 6.45) is 6.24. The fourth-order valence-electron chi connectivity index (χ4n) is 4.94. The van der Waals surface area contributed by atoms with Crippen LogP contribution in [0, 0.1) is 0 Å². The quantitative estimate of drug-likeness (QED) is 0.254. The van der Waals surface area contributed by atoms with E-state index in [-0.39, 0.29) is 17.0 Å². The van der Waals surface area contributed by atoms with E-state index in [1.165, 1.54) is 0 Å². The number of fused-ring (bicyclic) bond motifs is 1. The molecule has 0 N–H and O–H groups in total. The molecule has 0 fully saturated rings. The van der Waals surface area contributed by atoms with Crippen molar-refractivity contribution in [3.8, 4) is 11.3 Å². The summed E-state index contributed by atoms with van der Waals surface area (Å²) in [4.78, 5) is 0. The van der Waals surface area contributed by atoms with Gasteiger partial charge in [0.15, 0.2) is 6.20 Å². The van der Waals surface area contributed by atoms with Gasteiger partial charge >= 0.3 is 0 Å². The summed E-state index contributed by atoms with van der Waals surface area (Å²) in [7, 11) is 0. The number of rotatable bonds is 5. The van der Waals surface area contributed by atoms with Crippen LogP contribution in [0.1, 0.15) is 16.7 Å². The molecule has 3 nitrogen and oxygen atoms in total. The molecule has 35 heavy (non-hydrogen) atoms. The van der Waals surface area contributed by atoms with Crippen LogP contribution in [0.2, 0.25) is 0 Å². The molecular weight excluding hydrogens is 494 g/mol. The second-order valence-corrected chi connectivity index (χ2v) is 8.39. The van der Waals surface area contributed by atoms with Crippen molar-refractivity contribution in [1.82, 2.24) is 9.78 Å². The molecule has 3 aromatic carbocycles. The normalized spacial score (nSPS) is 11.2. The molecule has 0 bridgehead atoms. The van der Waals surface area contributed by atoms with Gasteiger partial charge in [0.2, 0.25) is 11.2 Å². The lowest BCUT2D eigenvalue weighted by Crippen LogP contribution is -3.00. The molecule has 0 amide bonds. The number of hydrogen-bond donors (Lipinski definition) is 0. The largest absolute Gasteiger partial charge is 1.00 e. The van der Waals surface area contributed by atoms with Gasteiger partial charge in [-0.3, -0.25) is 4.68 Å². The van der Waals surface area contributed by atoms with Gasteiger partial charge in [0.25, 0.3) is 0 Å².